The SMILES string of the molecule is CCn1ncc(NS(C)(=O)=O)c1C. The Morgan fingerprint density at radius 1 is 1.62 bits per heavy atom. The first-order valence-electron chi connectivity index (χ1n) is 3.94. The van der Waals surface area contributed by atoms with Crippen LogP contribution >= 0.6 is 0 Å². The van der Waals surface area contributed by atoms with Crippen molar-refractivity contribution in [3.8, 4) is 0 Å². The smallest absolute Gasteiger partial charge is 0.229 e. The van der Waals surface area contributed by atoms with E-state index in [1.165, 1.54) is 6.20 Å². The van der Waals surface area contributed by atoms with Crippen molar-refractivity contribution < 1.29 is 8.42 Å². The molecule has 0 fully saturated rings. The molecule has 1 heterocycles. The van der Waals surface area contributed by atoms with E-state index in [2.05, 4.69) is 9.82 Å². The average molecular weight is 203 g/mol. The zero-order valence-corrected chi connectivity index (χ0v) is 8.72. The van der Waals surface area contributed by atoms with Crippen molar-refractivity contribution in [2.45, 2.75) is 20.4 Å². The number of aromatic nitrogens is 2. The highest BCUT2D eigenvalue weighted by Crippen LogP contribution is 2.14. The van der Waals surface area contributed by atoms with Crippen LogP contribution in [0.3, 0.4) is 0 Å². The fourth-order valence-electron chi connectivity index (χ4n) is 1.07. The Balaban J connectivity index is 2.97. The third kappa shape index (κ3) is 2.45. The highest BCUT2D eigenvalue weighted by Gasteiger charge is 2.08. The minimum Gasteiger partial charge on any atom is -0.280 e. The van der Waals surface area contributed by atoms with Crippen molar-refractivity contribution in [1.82, 2.24) is 9.78 Å². The second kappa shape index (κ2) is 3.37. The molecule has 1 aromatic rings. The molecule has 0 radical (unpaired) electrons. The molecule has 0 aliphatic heterocycles. The van der Waals surface area contributed by atoms with Gasteiger partial charge in [0.15, 0.2) is 0 Å². The minimum atomic E-state index is -3.20. The fraction of sp³-hybridized carbons (Fsp3) is 0.571. The highest BCUT2D eigenvalue weighted by molar-refractivity contribution is 7.92. The molecular weight excluding hydrogens is 190 g/mol. The zero-order valence-electron chi connectivity index (χ0n) is 7.90. The summed E-state index contributed by atoms with van der Waals surface area (Å²) in [6, 6.07) is 0. The molecule has 0 unspecified atom stereocenters. The minimum absolute atomic E-state index is 0.546. The summed E-state index contributed by atoms with van der Waals surface area (Å²) < 4.78 is 25.9. The second-order valence-electron chi connectivity index (χ2n) is 2.83. The van der Waals surface area contributed by atoms with Gasteiger partial charge in [-0.15, -0.1) is 0 Å². The van der Waals surface area contributed by atoms with Crippen molar-refractivity contribution in [2.24, 2.45) is 0 Å². The number of hydrogen-bond acceptors (Lipinski definition) is 3. The third-order valence-electron chi connectivity index (χ3n) is 1.70. The number of hydrogen-bond donors (Lipinski definition) is 1. The molecule has 0 atom stereocenters. The molecule has 0 aromatic carbocycles. The number of anilines is 1. The van der Waals surface area contributed by atoms with E-state index in [0.29, 0.717) is 5.69 Å². The Morgan fingerprint density at radius 2 is 2.23 bits per heavy atom. The van der Waals surface area contributed by atoms with Crippen LogP contribution in [0.25, 0.3) is 0 Å². The van der Waals surface area contributed by atoms with Gasteiger partial charge in [-0.25, -0.2) is 8.42 Å². The van der Waals surface area contributed by atoms with Gasteiger partial charge in [0.2, 0.25) is 10.0 Å². The molecule has 0 aliphatic rings. The third-order valence-corrected chi connectivity index (χ3v) is 2.29. The van der Waals surface area contributed by atoms with Crippen LogP contribution in [0.2, 0.25) is 0 Å². The summed E-state index contributed by atoms with van der Waals surface area (Å²) in [4.78, 5) is 0. The van der Waals surface area contributed by atoms with Gasteiger partial charge in [-0.2, -0.15) is 5.10 Å². The molecule has 0 bridgehead atoms. The first-order chi connectivity index (χ1) is 5.94. The van der Waals surface area contributed by atoms with E-state index in [1.807, 2.05) is 13.8 Å². The van der Waals surface area contributed by atoms with Crippen LogP contribution in [-0.4, -0.2) is 24.5 Å². The summed E-state index contributed by atoms with van der Waals surface area (Å²) >= 11 is 0. The van der Waals surface area contributed by atoms with Gasteiger partial charge in [-0.1, -0.05) is 0 Å². The van der Waals surface area contributed by atoms with E-state index in [1.54, 1.807) is 4.68 Å². The molecule has 0 saturated carbocycles. The molecule has 5 nitrogen and oxygen atoms in total. The topological polar surface area (TPSA) is 64.0 Å². The van der Waals surface area contributed by atoms with Gasteiger partial charge in [0, 0.05) is 6.54 Å². The lowest BCUT2D eigenvalue weighted by atomic mass is 10.4. The van der Waals surface area contributed by atoms with Gasteiger partial charge in [0.1, 0.15) is 0 Å². The summed E-state index contributed by atoms with van der Waals surface area (Å²) in [7, 11) is -3.20. The fourth-order valence-corrected chi connectivity index (χ4v) is 1.67. The normalized spacial score (nSPS) is 11.6. The van der Waals surface area contributed by atoms with Gasteiger partial charge in [-0.3, -0.25) is 9.40 Å². The van der Waals surface area contributed by atoms with Crippen molar-refractivity contribution in [1.29, 1.82) is 0 Å². The number of nitrogens with zero attached hydrogens (tertiary/aromatic N) is 2. The van der Waals surface area contributed by atoms with Crippen molar-refractivity contribution in [2.75, 3.05) is 11.0 Å². The van der Waals surface area contributed by atoms with Gasteiger partial charge >= 0.3 is 0 Å². The molecule has 0 amide bonds. The zero-order chi connectivity index (χ0) is 10.1. The second-order valence-corrected chi connectivity index (χ2v) is 4.58. The van der Waals surface area contributed by atoms with Crippen LogP contribution in [-0.2, 0) is 16.6 Å². The molecule has 1 aromatic heterocycles. The molecule has 1 rings (SSSR count). The lowest BCUT2D eigenvalue weighted by molar-refractivity contribution is 0.606. The van der Waals surface area contributed by atoms with Crippen LogP contribution < -0.4 is 4.72 Å². The quantitative estimate of drug-likeness (QED) is 0.781. The number of nitrogens with one attached hydrogen (secondary N) is 1. The predicted octanol–water partition coefficient (Wildman–Crippen LogP) is 0.583. The predicted molar refractivity (Wildman–Crippen MR) is 51.1 cm³/mol. The highest BCUT2D eigenvalue weighted by atomic mass is 32.2. The maximum absolute atomic E-state index is 10.9. The van der Waals surface area contributed by atoms with E-state index in [-0.39, 0.29) is 0 Å². The van der Waals surface area contributed by atoms with E-state index in [0.717, 1.165) is 18.5 Å². The molecular formula is C7H13N3O2S. The van der Waals surface area contributed by atoms with Crippen LogP contribution in [0.1, 0.15) is 12.6 Å². The molecule has 74 valence electrons. The van der Waals surface area contributed by atoms with E-state index in [9.17, 15) is 8.42 Å². The van der Waals surface area contributed by atoms with Gasteiger partial charge in [0.25, 0.3) is 0 Å². The Hall–Kier alpha value is -1.04. The first kappa shape index (κ1) is 10.0. The summed E-state index contributed by atoms with van der Waals surface area (Å²) in [5, 5.41) is 4.01. The van der Waals surface area contributed by atoms with Crippen LogP contribution in [0.4, 0.5) is 5.69 Å². The lowest BCUT2D eigenvalue weighted by Gasteiger charge is -2.03. The van der Waals surface area contributed by atoms with Crippen LogP contribution in [0.15, 0.2) is 6.20 Å². The Labute approximate surface area is 77.8 Å². The van der Waals surface area contributed by atoms with E-state index >= 15 is 0 Å². The lowest BCUT2D eigenvalue weighted by Crippen LogP contribution is -2.10. The van der Waals surface area contributed by atoms with E-state index < -0.39 is 10.0 Å². The first-order valence-corrected chi connectivity index (χ1v) is 5.83. The van der Waals surface area contributed by atoms with Crippen LogP contribution in [0, 0.1) is 6.92 Å². The number of aryl methyl sites for hydroxylation is 1. The van der Waals surface area contributed by atoms with Crippen molar-refractivity contribution in [3.63, 3.8) is 0 Å². The largest absolute Gasteiger partial charge is 0.280 e. The molecule has 6 heteroatoms. The van der Waals surface area contributed by atoms with Gasteiger partial charge in [0.05, 0.1) is 23.8 Å². The molecule has 1 N–H and O–H groups in total. The van der Waals surface area contributed by atoms with E-state index in [4.69, 9.17) is 0 Å². The summed E-state index contributed by atoms with van der Waals surface area (Å²) in [5.74, 6) is 0. The summed E-state index contributed by atoms with van der Waals surface area (Å²) in [6.45, 7) is 4.51. The Bertz CT molecular complexity index is 394. The monoisotopic (exact) mass is 203 g/mol. The van der Waals surface area contributed by atoms with Gasteiger partial charge in [-0.05, 0) is 13.8 Å². The summed E-state index contributed by atoms with van der Waals surface area (Å²) in [5.41, 5.74) is 1.37. The Morgan fingerprint density at radius 3 is 2.62 bits per heavy atom. The number of rotatable bonds is 3. The van der Waals surface area contributed by atoms with Crippen molar-refractivity contribution in [3.05, 3.63) is 11.9 Å². The standard InChI is InChI=1S/C7H13N3O2S/c1-4-10-6(2)7(5-8-10)9-13(3,11)12/h5,9H,4H2,1-3H3. The molecule has 0 aliphatic carbocycles. The Kier molecular flexibility index (Phi) is 2.60. The number of sulfonamides is 1. The van der Waals surface area contributed by atoms with Crippen molar-refractivity contribution >= 4 is 15.7 Å². The van der Waals surface area contributed by atoms with Crippen LogP contribution in [0.5, 0.6) is 0 Å². The van der Waals surface area contributed by atoms with Gasteiger partial charge < -0.3 is 0 Å². The maximum Gasteiger partial charge on any atom is 0.229 e. The molecule has 0 spiro atoms. The molecule has 13 heavy (non-hydrogen) atoms. The molecule has 0 saturated heterocycles. The maximum atomic E-state index is 10.9. The average Bonchev–Trinajstić information content (AvgIpc) is 2.30. The summed E-state index contributed by atoms with van der Waals surface area (Å²) in [6.07, 6.45) is 2.63.